The molecule has 0 aliphatic rings. The maximum Gasteiger partial charge on any atom is 0.303 e. The van der Waals surface area contributed by atoms with E-state index in [1.54, 1.807) is 0 Å². The minimum atomic E-state index is -1.46. The first-order valence-electron chi connectivity index (χ1n) is 26.1. The largest absolute Gasteiger partial charge is 0.496 e. The molecule has 0 saturated heterocycles. The van der Waals surface area contributed by atoms with Crippen molar-refractivity contribution >= 4 is 76.0 Å². The van der Waals surface area contributed by atoms with Crippen molar-refractivity contribution in [3.05, 3.63) is 95.1 Å². The molecule has 81 heavy (non-hydrogen) atoms. The van der Waals surface area contributed by atoms with Gasteiger partial charge < -0.3 is 89.9 Å². The summed E-state index contributed by atoms with van der Waals surface area (Å²) < 4.78 is 21.5. The van der Waals surface area contributed by atoms with E-state index in [1.165, 1.54) is 101 Å². The van der Waals surface area contributed by atoms with Gasteiger partial charge in [0.2, 0.25) is 23.6 Å². The first-order valence-corrected chi connectivity index (χ1v) is 26.1. The maximum absolute atomic E-state index is 14.2. The number of methoxy groups -OCH3 is 4. The predicted molar refractivity (Wildman–Crippen MR) is 302 cm³/mol. The Balaban J connectivity index is 1.55. The van der Waals surface area contributed by atoms with Crippen LogP contribution in [-0.4, -0.2) is 131 Å². The van der Waals surface area contributed by atoms with Crippen LogP contribution < -0.4 is 84.8 Å². The van der Waals surface area contributed by atoms with Crippen LogP contribution >= 0.6 is 0 Å². The Bertz CT molecular complexity index is 2870. The van der Waals surface area contributed by atoms with Crippen LogP contribution in [0, 0.1) is 0 Å². The van der Waals surface area contributed by atoms with Crippen LogP contribution in [0.25, 0.3) is 0 Å². The van der Waals surface area contributed by atoms with Gasteiger partial charge in [-0.05, 0) is 150 Å². The third kappa shape index (κ3) is 19.8. The van der Waals surface area contributed by atoms with Gasteiger partial charge >= 0.3 is 5.97 Å². The number of carbonyl (C=O) groups excluding carboxylic acids is 8. The van der Waals surface area contributed by atoms with Crippen molar-refractivity contribution in [2.45, 2.75) is 94.8 Å². The van der Waals surface area contributed by atoms with E-state index in [9.17, 15) is 48.3 Å². The van der Waals surface area contributed by atoms with Gasteiger partial charge in [-0.15, -0.1) is 0 Å². The summed E-state index contributed by atoms with van der Waals surface area (Å²) in [6.07, 6.45) is 2.93. The molecule has 0 spiro atoms. The Morgan fingerprint density at radius 3 is 1.04 bits per heavy atom. The molecule has 4 atom stereocenters. The summed E-state index contributed by atoms with van der Waals surface area (Å²) >= 11 is 0. The van der Waals surface area contributed by atoms with Gasteiger partial charge in [-0.25, -0.2) is 0 Å². The van der Waals surface area contributed by atoms with Gasteiger partial charge in [0.15, 0.2) is 0 Å². The Hall–Kier alpha value is -8.85. The van der Waals surface area contributed by atoms with E-state index in [0.29, 0.717) is 58.0 Å². The lowest BCUT2D eigenvalue weighted by Crippen LogP contribution is -2.44. The molecule has 4 unspecified atom stereocenters. The number of carboxylic acids is 1. The maximum atomic E-state index is 14.2. The van der Waals surface area contributed by atoms with Crippen LogP contribution in [0.15, 0.2) is 72.8 Å². The smallest absolute Gasteiger partial charge is 0.303 e. The van der Waals surface area contributed by atoms with E-state index in [4.69, 9.17) is 47.6 Å². The highest BCUT2D eigenvalue weighted by atomic mass is 16.5. The Labute approximate surface area is 468 Å². The summed E-state index contributed by atoms with van der Waals surface area (Å²) in [5.74, 6) is -6.71. The zero-order chi connectivity index (χ0) is 59.6. The van der Waals surface area contributed by atoms with Crippen molar-refractivity contribution in [3.63, 3.8) is 0 Å². The van der Waals surface area contributed by atoms with E-state index in [2.05, 4.69) is 37.2 Å². The molecule has 4 aromatic rings. The fourth-order valence-electron chi connectivity index (χ4n) is 8.20. The topological polar surface area (TPSA) is 425 Å². The molecule has 0 saturated carbocycles. The molecule has 0 aliphatic carbocycles. The lowest BCUT2D eigenvalue weighted by atomic mass is 10.1. The lowest BCUT2D eigenvalue weighted by Gasteiger charge is -2.21. The molecule has 0 aliphatic heterocycles. The van der Waals surface area contributed by atoms with E-state index in [0.717, 1.165) is 0 Å². The van der Waals surface area contributed by atoms with E-state index in [1.807, 2.05) is 0 Å². The molecule has 0 bridgehead atoms. The lowest BCUT2D eigenvalue weighted by molar-refractivity contribution is -0.137. The van der Waals surface area contributed by atoms with E-state index >= 15 is 0 Å². The van der Waals surface area contributed by atoms with Crippen molar-refractivity contribution < 1.29 is 67.2 Å². The molecular formula is C55H74N12O14. The SMILES string of the molecule is COc1ccc(NC(=O)C(CCCCN)NC(=O)c2cc(NC(=O)C(CCCCN)NC(=O)c3cc(NC(=O)C(CCC(=O)O)NC(=O)c4cc(NC(=O)C(N)CCCCN)ccc4OC)ccc3OC)ccc2OC)cc1C(N)=O. The summed E-state index contributed by atoms with van der Waals surface area (Å²) in [6, 6.07) is 12.2. The Kier molecular flexibility index (Phi) is 26.3. The highest BCUT2D eigenvalue weighted by molar-refractivity contribution is 6.07. The van der Waals surface area contributed by atoms with Gasteiger partial charge in [0.1, 0.15) is 41.1 Å². The number of hydrogen-bond acceptors (Lipinski definition) is 17. The first-order chi connectivity index (χ1) is 38.8. The second-order valence-electron chi connectivity index (χ2n) is 18.5. The number of carbonyl (C=O) groups is 9. The highest BCUT2D eigenvalue weighted by Gasteiger charge is 2.29. The summed E-state index contributed by atoms with van der Waals surface area (Å²) in [5, 5.41) is 28.3. The van der Waals surface area contributed by atoms with Gasteiger partial charge in [0.25, 0.3) is 23.6 Å². The van der Waals surface area contributed by atoms with Gasteiger partial charge in [-0.1, -0.05) is 6.42 Å². The zero-order valence-corrected chi connectivity index (χ0v) is 45.8. The van der Waals surface area contributed by atoms with Crippen LogP contribution in [0.5, 0.6) is 23.0 Å². The third-order valence-electron chi connectivity index (χ3n) is 12.6. The number of nitrogens with one attached hydrogen (secondary N) is 7. The number of amides is 8. The number of anilines is 4. The van der Waals surface area contributed by atoms with Crippen molar-refractivity contribution in [2.75, 3.05) is 69.3 Å². The van der Waals surface area contributed by atoms with Crippen molar-refractivity contribution in [2.24, 2.45) is 28.7 Å². The fourth-order valence-corrected chi connectivity index (χ4v) is 8.20. The normalized spacial score (nSPS) is 12.2. The average Bonchev–Trinajstić information content (AvgIpc) is 3.45. The number of benzene rings is 4. The molecule has 18 N–H and O–H groups in total. The monoisotopic (exact) mass is 1130 g/mol. The minimum Gasteiger partial charge on any atom is -0.496 e. The van der Waals surface area contributed by atoms with Crippen molar-refractivity contribution in [1.82, 2.24) is 16.0 Å². The molecular weight excluding hydrogens is 1050 g/mol. The second kappa shape index (κ2) is 32.9. The molecule has 0 fully saturated rings. The molecule has 0 heterocycles. The number of nitrogens with two attached hydrogens (primary N) is 5. The van der Waals surface area contributed by atoms with Gasteiger partial charge in [-0.2, -0.15) is 0 Å². The Morgan fingerprint density at radius 2 is 0.728 bits per heavy atom. The van der Waals surface area contributed by atoms with Crippen molar-refractivity contribution in [1.29, 1.82) is 0 Å². The molecule has 0 radical (unpaired) electrons. The molecule has 438 valence electrons. The molecule has 26 heteroatoms. The fraction of sp³-hybridized carbons (Fsp3) is 0.400. The zero-order valence-electron chi connectivity index (χ0n) is 45.8. The molecule has 4 rings (SSSR count). The number of hydrogen-bond donors (Lipinski definition) is 13. The third-order valence-corrected chi connectivity index (χ3v) is 12.6. The van der Waals surface area contributed by atoms with E-state index < -0.39 is 83.8 Å². The van der Waals surface area contributed by atoms with Gasteiger partial charge in [0.05, 0.1) is 56.7 Å². The number of unbranched alkanes of at least 4 members (excludes halogenated alkanes) is 3. The molecule has 4 aromatic carbocycles. The number of carboxylic acid groups (broad SMARTS) is 1. The summed E-state index contributed by atoms with van der Waals surface area (Å²) in [7, 11) is 5.30. The molecule has 26 nitrogen and oxygen atoms in total. The van der Waals surface area contributed by atoms with Crippen LogP contribution in [-0.2, 0) is 24.0 Å². The number of aliphatic carboxylic acids is 1. The van der Waals surface area contributed by atoms with Crippen LogP contribution in [0.3, 0.4) is 0 Å². The summed E-state index contributed by atoms with van der Waals surface area (Å²) in [5.41, 5.74) is 28.9. The highest BCUT2D eigenvalue weighted by Crippen LogP contribution is 2.28. The minimum absolute atomic E-state index is 0.0228. The molecule has 8 amide bonds. The second-order valence-corrected chi connectivity index (χ2v) is 18.5. The standard InChI is InChI=1S/C55H74N12O14/c1-78-43-19-14-31(27-35(43)48(60)70)62-53(75)40(12-6-9-25-57)65-49(71)37-29-33(16-21-45(37)80-3)63-54(76)41(13-7-10-26-58)66-50(72)38-30-34(17-22-46(38)81-4)64-55(77)42(18-23-47(68)69)67-51(73)36-28-32(15-20-44(36)79-2)61-52(74)39(59)11-5-8-24-56/h14-17,19-22,27-30,39-42H,5-13,18,23-26,56-59H2,1-4H3,(H2,60,70)(H,61,74)(H,62,75)(H,63,76)(H,64,77)(H,65,71)(H,66,72)(H,67,73)(H,68,69). The summed E-state index contributed by atoms with van der Waals surface area (Å²) in [6.45, 7) is 1.06. The Morgan fingerprint density at radius 1 is 0.432 bits per heavy atom. The predicted octanol–water partition coefficient (Wildman–Crippen LogP) is 2.55. The van der Waals surface area contributed by atoms with Gasteiger partial charge in [-0.3, -0.25) is 43.2 Å². The first kappa shape index (κ1) is 64.7. The quantitative estimate of drug-likeness (QED) is 0.0299. The van der Waals surface area contributed by atoms with Crippen LogP contribution in [0.1, 0.15) is 112 Å². The number of ether oxygens (including phenoxy) is 4. The van der Waals surface area contributed by atoms with E-state index in [-0.39, 0.29) is 93.8 Å². The average molecular weight is 1130 g/mol. The van der Waals surface area contributed by atoms with Crippen LogP contribution in [0.4, 0.5) is 22.7 Å². The van der Waals surface area contributed by atoms with Crippen LogP contribution in [0.2, 0.25) is 0 Å². The number of rotatable bonds is 34. The number of primary amides is 1. The van der Waals surface area contributed by atoms with Gasteiger partial charge in [0, 0.05) is 29.2 Å². The van der Waals surface area contributed by atoms with Crippen molar-refractivity contribution in [3.8, 4) is 23.0 Å². The summed E-state index contributed by atoms with van der Waals surface area (Å²) in [4.78, 5) is 120. The molecule has 0 aromatic heterocycles.